The van der Waals surface area contributed by atoms with Crippen molar-refractivity contribution >= 4 is 5.91 Å². The van der Waals surface area contributed by atoms with Gasteiger partial charge in [-0.2, -0.15) is 44.6 Å². The maximum Gasteiger partial charge on any atom is 0.434 e. The molecule has 1 amide bonds. The normalized spacial score (nSPS) is 12.6. The summed E-state index contributed by atoms with van der Waals surface area (Å²) >= 11 is 0. The van der Waals surface area contributed by atoms with Crippen LogP contribution >= 0.6 is 0 Å². The lowest BCUT2D eigenvalue weighted by Crippen LogP contribution is -2.26. The Labute approximate surface area is 179 Å². The quantitative estimate of drug-likeness (QED) is 0.475. The Morgan fingerprint density at radius 3 is 1.85 bits per heavy atom. The fraction of sp³-hybridized carbons (Fsp3) is 0.200. The van der Waals surface area contributed by atoms with Gasteiger partial charge in [0, 0.05) is 6.54 Å². The van der Waals surface area contributed by atoms with Gasteiger partial charge in [0.15, 0.2) is 5.69 Å². The van der Waals surface area contributed by atoms with Crippen LogP contribution in [0.15, 0.2) is 54.7 Å². The summed E-state index contributed by atoms with van der Waals surface area (Å²) in [6.45, 7) is -0.889. The van der Waals surface area contributed by atoms with Gasteiger partial charge < -0.3 is 5.32 Å². The largest absolute Gasteiger partial charge is 0.434 e. The minimum Gasteiger partial charge on any atom is -0.348 e. The number of alkyl halides is 9. The van der Waals surface area contributed by atoms with Crippen LogP contribution in [0.5, 0.6) is 0 Å². The van der Waals surface area contributed by atoms with Crippen molar-refractivity contribution < 1.29 is 44.3 Å². The molecule has 0 unspecified atom stereocenters. The first kappa shape index (κ1) is 24.1. The number of aromatic nitrogens is 2. The summed E-state index contributed by atoms with van der Waals surface area (Å²) in [6, 6.07) is 7.64. The van der Waals surface area contributed by atoms with Gasteiger partial charge in [0.25, 0.3) is 5.91 Å². The van der Waals surface area contributed by atoms with Crippen LogP contribution in [0.4, 0.5) is 39.5 Å². The summed E-state index contributed by atoms with van der Waals surface area (Å²) < 4.78 is 119. The Morgan fingerprint density at radius 2 is 1.36 bits per heavy atom. The van der Waals surface area contributed by atoms with Crippen molar-refractivity contribution in [2.75, 3.05) is 0 Å². The van der Waals surface area contributed by atoms with Gasteiger partial charge in [-0.15, -0.1) is 0 Å². The van der Waals surface area contributed by atoms with Crippen molar-refractivity contribution in [2.45, 2.75) is 25.1 Å². The monoisotopic (exact) mass is 481 g/mol. The molecule has 0 aliphatic rings. The number of para-hydroxylation sites is 1. The fourth-order valence-electron chi connectivity index (χ4n) is 2.95. The minimum absolute atomic E-state index is 0.0171. The predicted octanol–water partition coefficient (Wildman–Crippen LogP) is 5.86. The zero-order valence-corrected chi connectivity index (χ0v) is 16.1. The van der Waals surface area contributed by atoms with E-state index in [-0.39, 0.29) is 11.8 Å². The van der Waals surface area contributed by atoms with Crippen molar-refractivity contribution in [2.24, 2.45) is 0 Å². The zero-order chi connectivity index (χ0) is 24.6. The summed E-state index contributed by atoms with van der Waals surface area (Å²) in [6.07, 6.45) is -14.7. The van der Waals surface area contributed by atoms with Gasteiger partial charge >= 0.3 is 18.5 Å². The Morgan fingerprint density at radius 1 is 0.818 bits per heavy atom. The molecule has 1 heterocycles. The first-order valence-electron chi connectivity index (χ1n) is 8.95. The SMILES string of the molecule is O=C(NCc1cc(C(F)(F)F)cc(C(F)(F)F)c1)c1cnn(-c2ccccc2)c1C(F)(F)F. The summed E-state index contributed by atoms with van der Waals surface area (Å²) in [5.41, 5.74) is -6.25. The second-order valence-corrected chi connectivity index (χ2v) is 6.75. The highest BCUT2D eigenvalue weighted by Gasteiger charge is 2.41. The molecule has 0 saturated heterocycles. The van der Waals surface area contributed by atoms with E-state index in [1.165, 1.54) is 30.3 Å². The molecule has 0 fully saturated rings. The number of amides is 1. The van der Waals surface area contributed by atoms with Gasteiger partial charge in [-0.1, -0.05) is 18.2 Å². The molecule has 0 radical (unpaired) electrons. The third-order valence-corrected chi connectivity index (χ3v) is 4.38. The lowest BCUT2D eigenvalue weighted by molar-refractivity contribution is -0.144. The van der Waals surface area contributed by atoms with Crippen LogP contribution in [0.25, 0.3) is 5.69 Å². The Balaban J connectivity index is 1.93. The molecule has 0 aliphatic carbocycles. The fourth-order valence-corrected chi connectivity index (χ4v) is 2.95. The Hall–Kier alpha value is -3.51. The van der Waals surface area contributed by atoms with Crippen LogP contribution in [0, 0.1) is 0 Å². The van der Waals surface area contributed by atoms with Crippen molar-refractivity contribution in [1.82, 2.24) is 15.1 Å². The molecular weight excluding hydrogens is 469 g/mol. The third-order valence-electron chi connectivity index (χ3n) is 4.38. The second-order valence-electron chi connectivity index (χ2n) is 6.75. The Kier molecular flexibility index (Phi) is 6.18. The molecule has 13 heteroatoms. The summed E-state index contributed by atoms with van der Waals surface area (Å²) in [5.74, 6) is -1.38. The van der Waals surface area contributed by atoms with Crippen LogP contribution < -0.4 is 5.32 Å². The Bertz CT molecular complexity index is 1110. The topological polar surface area (TPSA) is 46.9 Å². The van der Waals surface area contributed by atoms with Gasteiger partial charge in [-0.3, -0.25) is 4.79 Å². The predicted molar refractivity (Wildman–Crippen MR) is 96.2 cm³/mol. The van der Waals surface area contributed by atoms with E-state index in [4.69, 9.17) is 0 Å². The second kappa shape index (κ2) is 8.45. The molecule has 176 valence electrons. The molecule has 1 N–H and O–H groups in total. The molecule has 0 bridgehead atoms. The number of benzene rings is 2. The highest BCUT2D eigenvalue weighted by molar-refractivity contribution is 5.95. The van der Waals surface area contributed by atoms with Crippen LogP contribution in [-0.2, 0) is 25.1 Å². The molecule has 4 nitrogen and oxygen atoms in total. The number of nitrogens with zero attached hydrogens (tertiary/aromatic N) is 2. The minimum atomic E-state index is -5.11. The van der Waals surface area contributed by atoms with E-state index >= 15 is 0 Å². The average molecular weight is 481 g/mol. The molecule has 0 aliphatic heterocycles. The van der Waals surface area contributed by atoms with Gasteiger partial charge in [0.1, 0.15) is 0 Å². The number of carbonyl (C=O) groups excluding carboxylic acids is 1. The molecule has 0 spiro atoms. The van der Waals surface area contributed by atoms with Gasteiger partial charge in [0.2, 0.25) is 0 Å². The smallest absolute Gasteiger partial charge is 0.348 e. The number of hydrogen-bond donors (Lipinski definition) is 1. The zero-order valence-electron chi connectivity index (χ0n) is 16.1. The van der Waals surface area contributed by atoms with E-state index in [9.17, 15) is 44.3 Å². The maximum atomic E-state index is 13.6. The van der Waals surface area contributed by atoms with E-state index in [2.05, 4.69) is 5.10 Å². The summed E-state index contributed by atoms with van der Waals surface area (Å²) in [5, 5.41) is 5.48. The standard InChI is InChI=1S/C20H12F9N3O/c21-18(22,23)12-6-11(7-13(8-12)19(24,25)26)9-30-17(33)15-10-31-32(16(15)20(27,28)29)14-4-2-1-3-5-14/h1-8,10H,9H2,(H,30,33). The van der Waals surface area contributed by atoms with Crippen molar-refractivity contribution in [1.29, 1.82) is 0 Å². The van der Waals surface area contributed by atoms with Crippen molar-refractivity contribution in [3.8, 4) is 5.69 Å². The van der Waals surface area contributed by atoms with Gasteiger partial charge in [-0.05, 0) is 35.9 Å². The average Bonchev–Trinajstić information content (AvgIpc) is 3.17. The highest BCUT2D eigenvalue weighted by atomic mass is 19.4. The van der Waals surface area contributed by atoms with Crippen LogP contribution in [0.3, 0.4) is 0 Å². The molecule has 3 rings (SSSR count). The van der Waals surface area contributed by atoms with E-state index in [1.807, 2.05) is 5.32 Å². The highest BCUT2D eigenvalue weighted by Crippen LogP contribution is 2.37. The third kappa shape index (κ3) is 5.46. The molecule has 0 saturated carbocycles. The number of nitrogens with one attached hydrogen (secondary N) is 1. The molecule has 1 aromatic heterocycles. The van der Waals surface area contributed by atoms with Crippen LogP contribution in [0.1, 0.15) is 32.7 Å². The first-order valence-corrected chi connectivity index (χ1v) is 8.95. The van der Waals surface area contributed by atoms with Crippen LogP contribution in [0.2, 0.25) is 0 Å². The summed E-state index contributed by atoms with van der Waals surface area (Å²) in [7, 11) is 0. The van der Waals surface area contributed by atoms with E-state index in [0.29, 0.717) is 23.0 Å². The number of rotatable bonds is 4. The summed E-state index contributed by atoms with van der Waals surface area (Å²) in [4.78, 5) is 12.4. The molecule has 0 atom stereocenters. The number of carbonyl (C=O) groups is 1. The molecule has 33 heavy (non-hydrogen) atoms. The number of halogens is 9. The van der Waals surface area contributed by atoms with E-state index in [0.717, 1.165) is 0 Å². The van der Waals surface area contributed by atoms with E-state index < -0.39 is 58.9 Å². The number of hydrogen-bond acceptors (Lipinski definition) is 2. The van der Waals surface area contributed by atoms with Gasteiger partial charge in [-0.25, -0.2) is 4.68 Å². The maximum absolute atomic E-state index is 13.6. The van der Waals surface area contributed by atoms with Crippen molar-refractivity contribution in [3.05, 3.63) is 82.7 Å². The first-order chi connectivity index (χ1) is 15.2. The van der Waals surface area contributed by atoms with E-state index in [1.54, 1.807) is 0 Å². The lowest BCUT2D eigenvalue weighted by atomic mass is 10.0. The molecule has 3 aromatic rings. The van der Waals surface area contributed by atoms with Crippen molar-refractivity contribution in [3.63, 3.8) is 0 Å². The van der Waals surface area contributed by atoms with Crippen LogP contribution in [-0.4, -0.2) is 15.7 Å². The molecule has 2 aromatic carbocycles. The lowest BCUT2D eigenvalue weighted by Gasteiger charge is -2.15. The molecular formula is C20H12F9N3O. The van der Waals surface area contributed by atoms with Gasteiger partial charge in [0.05, 0.1) is 28.6 Å².